The third kappa shape index (κ3) is 4.54. The fourth-order valence-electron chi connectivity index (χ4n) is 4.23. The summed E-state index contributed by atoms with van der Waals surface area (Å²) in [5.74, 6) is -0.327. The fraction of sp³-hybridized carbons (Fsp3) is 0.391. The number of rotatable bonds is 5. The molecule has 2 aliphatic rings. The molecule has 2 amide bonds. The number of nitrogens with zero attached hydrogens (tertiary/aromatic N) is 1. The van der Waals surface area contributed by atoms with Crippen molar-refractivity contribution in [3.8, 4) is 0 Å². The van der Waals surface area contributed by atoms with Crippen molar-refractivity contribution in [3.05, 3.63) is 70.2 Å². The van der Waals surface area contributed by atoms with E-state index in [0.717, 1.165) is 28.4 Å². The Hall–Kier alpha value is -2.18. The molecule has 0 aromatic heterocycles. The zero-order chi connectivity index (χ0) is 20.3. The Morgan fingerprint density at radius 3 is 2.62 bits per heavy atom. The van der Waals surface area contributed by atoms with Gasteiger partial charge in [0.05, 0.1) is 11.5 Å². The number of halogens is 1. The van der Waals surface area contributed by atoms with Crippen LogP contribution in [0.25, 0.3) is 0 Å². The molecular formula is C23H25BrN2O3. The molecule has 0 bridgehead atoms. The van der Waals surface area contributed by atoms with E-state index < -0.39 is 5.54 Å². The number of amides is 2. The van der Waals surface area contributed by atoms with Crippen LogP contribution in [0.5, 0.6) is 0 Å². The maximum absolute atomic E-state index is 13.2. The summed E-state index contributed by atoms with van der Waals surface area (Å²) >= 11 is 3.54. The highest BCUT2D eigenvalue weighted by Crippen LogP contribution is 2.34. The normalized spacial score (nSPS) is 21.2. The van der Waals surface area contributed by atoms with E-state index in [-0.39, 0.29) is 24.2 Å². The van der Waals surface area contributed by atoms with Crippen molar-refractivity contribution in [2.24, 2.45) is 5.92 Å². The van der Waals surface area contributed by atoms with Gasteiger partial charge in [0.25, 0.3) is 0 Å². The van der Waals surface area contributed by atoms with Crippen molar-refractivity contribution in [2.75, 3.05) is 19.8 Å². The summed E-state index contributed by atoms with van der Waals surface area (Å²) in [5.41, 5.74) is 1.71. The number of nitrogens with one attached hydrogen (secondary N) is 1. The van der Waals surface area contributed by atoms with Crippen LogP contribution in [0.4, 0.5) is 0 Å². The molecule has 2 aromatic carbocycles. The largest absolute Gasteiger partial charge is 0.381 e. The molecule has 2 aliphatic heterocycles. The number of ether oxygens (including phenoxy) is 1. The van der Waals surface area contributed by atoms with Gasteiger partial charge >= 0.3 is 0 Å². The molecule has 152 valence electrons. The van der Waals surface area contributed by atoms with Crippen molar-refractivity contribution < 1.29 is 14.3 Å². The zero-order valence-electron chi connectivity index (χ0n) is 16.3. The molecule has 2 heterocycles. The van der Waals surface area contributed by atoms with Gasteiger partial charge < -0.3 is 15.0 Å². The molecule has 2 saturated heterocycles. The summed E-state index contributed by atoms with van der Waals surface area (Å²) in [6.45, 7) is 2.23. The lowest BCUT2D eigenvalue weighted by Crippen LogP contribution is -2.51. The summed E-state index contributed by atoms with van der Waals surface area (Å²) in [4.78, 5) is 27.5. The summed E-state index contributed by atoms with van der Waals surface area (Å²) < 4.78 is 6.54. The minimum Gasteiger partial charge on any atom is -0.381 e. The van der Waals surface area contributed by atoms with Gasteiger partial charge in [0, 0.05) is 37.2 Å². The van der Waals surface area contributed by atoms with E-state index in [0.29, 0.717) is 26.3 Å². The predicted octanol–water partition coefficient (Wildman–Crippen LogP) is 3.62. The SMILES string of the molecule is O=C(NC1(c2cccc(Br)c2)CCOCC1)C1CC(=O)N(Cc2ccccc2)C1. The number of carbonyl (C=O) groups is 2. The van der Waals surface area contributed by atoms with Crippen LogP contribution in [-0.4, -0.2) is 36.5 Å². The van der Waals surface area contributed by atoms with Crippen molar-refractivity contribution in [1.82, 2.24) is 10.2 Å². The van der Waals surface area contributed by atoms with Gasteiger partial charge in [-0.3, -0.25) is 9.59 Å². The Kier molecular flexibility index (Phi) is 6.01. The molecule has 0 saturated carbocycles. The van der Waals surface area contributed by atoms with Gasteiger partial charge in [-0.15, -0.1) is 0 Å². The first-order valence-corrected chi connectivity index (χ1v) is 10.8. The summed E-state index contributed by atoms with van der Waals surface area (Å²) in [6, 6.07) is 18.0. The van der Waals surface area contributed by atoms with Crippen LogP contribution < -0.4 is 5.32 Å². The second kappa shape index (κ2) is 8.67. The Labute approximate surface area is 179 Å². The maximum atomic E-state index is 13.2. The second-order valence-electron chi connectivity index (χ2n) is 7.85. The van der Waals surface area contributed by atoms with Crippen LogP contribution in [0.1, 0.15) is 30.4 Å². The monoisotopic (exact) mass is 456 g/mol. The smallest absolute Gasteiger partial charge is 0.226 e. The highest BCUT2D eigenvalue weighted by molar-refractivity contribution is 9.10. The van der Waals surface area contributed by atoms with E-state index in [1.165, 1.54) is 0 Å². The van der Waals surface area contributed by atoms with E-state index >= 15 is 0 Å². The molecule has 0 radical (unpaired) electrons. The molecule has 6 heteroatoms. The first-order chi connectivity index (χ1) is 14.1. The van der Waals surface area contributed by atoms with Gasteiger partial charge in [0.2, 0.25) is 11.8 Å². The van der Waals surface area contributed by atoms with E-state index in [2.05, 4.69) is 33.4 Å². The van der Waals surface area contributed by atoms with Crippen LogP contribution >= 0.6 is 15.9 Å². The van der Waals surface area contributed by atoms with Crippen LogP contribution in [0.2, 0.25) is 0 Å². The van der Waals surface area contributed by atoms with Gasteiger partial charge in [0.15, 0.2) is 0 Å². The molecule has 29 heavy (non-hydrogen) atoms. The minimum atomic E-state index is -0.449. The van der Waals surface area contributed by atoms with Gasteiger partial charge in [-0.25, -0.2) is 0 Å². The molecule has 1 atom stereocenters. The molecule has 4 rings (SSSR count). The Bertz CT molecular complexity index is 881. The Balaban J connectivity index is 1.47. The van der Waals surface area contributed by atoms with Crippen LogP contribution in [-0.2, 0) is 26.4 Å². The third-order valence-electron chi connectivity index (χ3n) is 5.89. The molecule has 0 aliphatic carbocycles. The van der Waals surface area contributed by atoms with Gasteiger partial charge in [-0.2, -0.15) is 0 Å². The van der Waals surface area contributed by atoms with Gasteiger partial charge in [0.1, 0.15) is 0 Å². The summed E-state index contributed by atoms with van der Waals surface area (Å²) in [5, 5.41) is 3.30. The molecule has 1 N–H and O–H groups in total. The van der Waals surface area contributed by atoms with Gasteiger partial charge in [-0.1, -0.05) is 58.4 Å². The van der Waals surface area contributed by atoms with E-state index in [1.54, 1.807) is 4.90 Å². The molecular weight excluding hydrogens is 432 g/mol. The van der Waals surface area contributed by atoms with E-state index in [4.69, 9.17) is 4.74 Å². The lowest BCUT2D eigenvalue weighted by molar-refractivity contribution is -0.130. The van der Waals surface area contributed by atoms with Crippen molar-refractivity contribution in [3.63, 3.8) is 0 Å². The van der Waals surface area contributed by atoms with E-state index in [9.17, 15) is 9.59 Å². The second-order valence-corrected chi connectivity index (χ2v) is 8.77. The predicted molar refractivity (Wildman–Crippen MR) is 114 cm³/mol. The topological polar surface area (TPSA) is 58.6 Å². The van der Waals surface area contributed by atoms with Crippen molar-refractivity contribution in [2.45, 2.75) is 31.3 Å². The van der Waals surface area contributed by atoms with E-state index in [1.807, 2.05) is 42.5 Å². The Morgan fingerprint density at radius 1 is 1.14 bits per heavy atom. The number of benzene rings is 2. The number of hydrogen-bond donors (Lipinski definition) is 1. The highest BCUT2D eigenvalue weighted by atomic mass is 79.9. The van der Waals surface area contributed by atoms with Crippen molar-refractivity contribution >= 4 is 27.7 Å². The highest BCUT2D eigenvalue weighted by Gasteiger charge is 2.40. The quantitative estimate of drug-likeness (QED) is 0.747. The Morgan fingerprint density at radius 2 is 1.90 bits per heavy atom. The number of carbonyl (C=O) groups excluding carboxylic acids is 2. The van der Waals surface area contributed by atoms with Gasteiger partial charge in [-0.05, 0) is 36.1 Å². The first-order valence-electron chi connectivity index (χ1n) is 10.0. The maximum Gasteiger partial charge on any atom is 0.226 e. The summed E-state index contributed by atoms with van der Waals surface area (Å²) in [6.07, 6.45) is 1.72. The summed E-state index contributed by atoms with van der Waals surface area (Å²) in [7, 11) is 0. The number of hydrogen-bond acceptors (Lipinski definition) is 3. The van der Waals surface area contributed by atoms with Crippen LogP contribution in [0.3, 0.4) is 0 Å². The average molecular weight is 457 g/mol. The average Bonchev–Trinajstić information content (AvgIpc) is 3.10. The molecule has 0 spiro atoms. The standard InChI is InChI=1S/C23H25BrN2O3/c24-20-8-4-7-19(14-20)23(9-11-29-12-10-23)25-22(28)18-13-21(27)26(16-18)15-17-5-2-1-3-6-17/h1-8,14,18H,9-13,15-16H2,(H,25,28). The molecule has 1 unspecified atom stereocenters. The zero-order valence-corrected chi connectivity index (χ0v) is 17.9. The third-order valence-corrected chi connectivity index (χ3v) is 6.38. The lowest BCUT2D eigenvalue weighted by Gasteiger charge is -2.39. The lowest BCUT2D eigenvalue weighted by atomic mass is 9.82. The minimum absolute atomic E-state index is 0.0393. The molecule has 2 fully saturated rings. The number of likely N-dealkylation sites (tertiary alicyclic amines) is 1. The van der Waals surface area contributed by atoms with Crippen LogP contribution in [0.15, 0.2) is 59.1 Å². The van der Waals surface area contributed by atoms with Crippen molar-refractivity contribution in [1.29, 1.82) is 0 Å². The molecule has 2 aromatic rings. The fourth-order valence-corrected chi connectivity index (χ4v) is 4.63. The first kappa shape index (κ1) is 20.1. The molecule has 5 nitrogen and oxygen atoms in total. The van der Waals surface area contributed by atoms with Crippen LogP contribution in [0, 0.1) is 5.92 Å².